The van der Waals surface area contributed by atoms with Gasteiger partial charge in [0.1, 0.15) is 31.9 Å². The van der Waals surface area contributed by atoms with Crippen LogP contribution < -0.4 is 35.0 Å². The molecule has 0 saturated carbocycles. The minimum absolute atomic E-state index is 0.143. The van der Waals surface area contributed by atoms with Crippen LogP contribution in [-0.2, 0) is 11.0 Å². The van der Waals surface area contributed by atoms with Crippen molar-refractivity contribution in [2.45, 2.75) is 43.1 Å². The Morgan fingerprint density at radius 2 is 1.83 bits per heavy atom. The molecule has 1 atom stereocenters. The van der Waals surface area contributed by atoms with E-state index in [1.807, 2.05) is 12.1 Å². The van der Waals surface area contributed by atoms with Gasteiger partial charge in [0.15, 0.2) is 11.5 Å². The van der Waals surface area contributed by atoms with Crippen molar-refractivity contribution in [1.82, 2.24) is 9.80 Å². The van der Waals surface area contributed by atoms with E-state index >= 15 is 0 Å². The normalized spacial score (nSPS) is 21.0. The van der Waals surface area contributed by atoms with E-state index in [9.17, 15) is 4.57 Å². The predicted octanol–water partition coefficient (Wildman–Crippen LogP) is 4.55. The lowest BCUT2D eigenvalue weighted by atomic mass is 9.96. The summed E-state index contributed by atoms with van der Waals surface area (Å²) in [5, 5.41) is 7.49. The molecule has 2 saturated heterocycles. The molecule has 0 radical (unpaired) electrons. The van der Waals surface area contributed by atoms with Crippen molar-refractivity contribution < 1.29 is 18.8 Å². The van der Waals surface area contributed by atoms with Crippen LogP contribution in [0.3, 0.4) is 0 Å². The van der Waals surface area contributed by atoms with Gasteiger partial charge < -0.3 is 39.2 Å². The van der Waals surface area contributed by atoms with E-state index < -0.39 is 7.14 Å². The lowest BCUT2D eigenvalue weighted by molar-refractivity contribution is 0.0188. The summed E-state index contributed by atoms with van der Waals surface area (Å²) in [5.41, 5.74) is 4.02. The fourth-order valence-corrected chi connectivity index (χ4v) is 8.42. The summed E-state index contributed by atoms with van der Waals surface area (Å²) in [5.74, 6) is 3.05. The summed E-state index contributed by atoms with van der Waals surface area (Å²) in [6.07, 6.45) is 3.26. The van der Waals surface area contributed by atoms with E-state index in [-0.39, 0.29) is 4.83 Å². The molecule has 1 unspecified atom stereocenters. The molecule has 11 nitrogen and oxygen atoms in total. The summed E-state index contributed by atoms with van der Waals surface area (Å²) in [4.78, 5) is 16.9. The topological polar surface area (TPSA) is 103 Å². The minimum Gasteiger partial charge on any atom is -0.494 e. The lowest BCUT2D eigenvalue weighted by Crippen LogP contribution is -2.62. The number of likely N-dealkylation sites (N-methyl/N-ethyl adjacent to an activating group) is 1. The van der Waals surface area contributed by atoms with Crippen LogP contribution in [0.5, 0.6) is 17.2 Å². The number of benzene rings is 2. The summed E-state index contributed by atoms with van der Waals surface area (Å²) < 4.78 is 31.0. The van der Waals surface area contributed by atoms with Gasteiger partial charge in [-0.1, -0.05) is 22.9 Å². The van der Waals surface area contributed by atoms with Crippen LogP contribution in [0.2, 0.25) is 0 Å². The van der Waals surface area contributed by atoms with Gasteiger partial charge in [-0.3, -0.25) is 4.90 Å². The van der Waals surface area contributed by atoms with Crippen LogP contribution in [0.1, 0.15) is 25.3 Å². The number of methoxy groups -OCH3 is 1. The maximum atomic E-state index is 13.4. The Morgan fingerprint density at radius 1 is 1.09 bits per heavy atom. The van der Waals surface area contributed by atoms with E-state index in [2.05, 4.69) is 74.4 Å². The van der Waals surface area contributed by atoms with Gasteiger partial charge in [-0.05, 0) is 70.5 Å². The quantitative estimate of drug-likeness (QED) is 0.301. The first-order valence-corrected chi connectivity index (χ1v) is 19.7. The second kappa shape index (κ2) is 13.7. The molecule has 2 aromatic carbocycles. The van der Waals surface area contributed by atoms with Crippen LogP contribution >= 0.6 is 23.1 Å². The third kappa shape index (κ3) is 6.91. The number of guanidine groups is 1. The van der Waals surface area contributed by atoms with E-state index in [0.29, 0.717) is 66.1 Å². The third-order valence-electron chi connectivity index (χ3n) is 9.38. The number of likely N-dealkylation sites (tertiary alicyclic amines) is 1. The number of ether oxygens (including phenoxy) is 3. The molecule has 4 aliphatic rings. The van der Waals surface area contributed by atoms with Gasteiger partial charge >= 0.3 is 0 Å². The molecule has 46 heavy (non-hydrogen) atoms. The number of piperidine rings is 1. The zero-order chi connectivity index (χ0) is 32.6. The number of nitrogens with zero attached hydrogens (tertiary/aromatic N) is 5. The zero-order valence-electron chi connectivity index (χ0n) is 27.8. The first kappa shape index (κ1) is 33.1. The number of nitrogens with one attached hydrogen (secondary N) is 2. The fraction of sp³-hybridized carbons (Fsp3) is 0.576. The van der Waals surface area contributed by atoms with Crippen molar-refractivity contribution in [3.8, 4) is 17.2 Å². The Hall–Kier alpha value is -2.79. The molecule has 250 valence electrons. The Bertz CT molecular complexity index is 1550. The first-order valence-electron chi connectivity index (χ1n) is 16.2. The number of alkyl halides is 1. The molecule has 13 heteroatoms. The smallest absolute Gasteiger partial charge is 0.224 e. The highest BCUT2D eigenvalue weighted by Crippen LogP contribution is 2.46. The molecule has 4 heterocycles. The Balaban J connectivity index is 1.18. The van der Waals surface area contributed by atoms with Crippen molar-refractivity contribution in [2.24, 2.45) is 9.98 Å². The third-order valence-corrected chi connectivity index (χ3v) is 11.6. The molecule has 2 N–H and O–H groups in total. The molecule has 4 aliphatic heterocycles. The zero-order valence-corrected chi connectivity index (χ0v) is 30.3. The summed E-state index contributed by atoms with van der Waals surface area (Å²) in [7, 11) is 3.33. The van der Waals surface area contributed by atoms with Gasteiger partial charge in [-0.25, -0.2) is 4.99 Å². The minimum atomic E-state index is -2.73. The molecule has 0 aromatic heterocycles. The molecule has 2 aromatic rings. The highest BCUT2D eigenvalue weighted by molar-refractivity contribution is 9.10. The second-order valence-corrected chi connectivity index (χ2v) is 17.3. The van der Waals surface area contributed by atoms with Gasteiger partial charge in [0.25, 0.3) is 0 Å². The number of hydrogen-bond donors (Lipinski definition) is 2. The van der Waals surface area contributed by atoms with E-state index in [0.717, 1.165) is 30.9 Å². The van der Waals surface area contributed by atoms with Gasteiger partial charge in [0.05, 0.1) is 35.2 Å². The van der Waals surface area contributed by atoms with Crippen LogP contribution in [0.25, 0.3) is 0 Å². The molecule has 0 aliphatic carbocycles. The van der Waals surface area contributed by atoms with Crippen molar-refractivity contribution in [3.63, 3.8) is 0 Å². The molecule has 2 fully saturated rings. The second-order valence-electron chi connectivity index (χ2n) is 13.0. The standard InChI is InChI=1S/C33H47BrN7O4P/c1-7-21-16-26(29(43-4)17-27(21)40-12-10-22(11-13-40)41-19-23(20-41)39(2)3)37-33-35-18-24(34)32(38-33)36-25-8-9-28-30(45-15-14-44-28)31(25)46(5,6)42/h8-9,16-17,22-24H,7,10-15,18-20H2,1-6H3,(H2,35,36,37,38). The maximum absolute atomic E-state index is 13.4. The summed E-state index contributed by atoms with van der Waals surface area (Å²) in [6.45, 7) is 11.5. The van der Waals surface area contributed by atoms with Gasteiger partial charge in [0, 0.05) is 50.0 Å². The van der Waals surface area contributed by atoms with E-state index in [1.54, 1.807) is 20.4 Å². The molecule has 0 amide bonds. The van der Waals surface area contributed by atoms with Gasteiger partial charge in [0.2, 0.25) is 5.96 Å². The summed E-state index contributed by atoms with van der Waals surface area (Å²) >= 11 is 3.72. The average Bonchev–Trinajstić information content (AvgIpc) is 3.01. The van der Waals surface area contributed by atoms with E-state index in [4.69, 9.17) is 24.2 Å². The molecule has 0 spiro atoms. The van der Waals surface area contributed by atoms with Gasteiger partial charge in [-0.15, -0.1) is 0 Å². The van der Waals surface area contributed by atoms with Crippen LogP contribution in [-0.4, -0.2) is 119 Å². The Labute approximate surface area is 281 Å². The number of fused-ring (bicyclic) bond motifs is 1. The highest BCUT2D eigenvalue weighted by atomic mass is 79.9. The SMILES string of the molecule is CCc1cc(NC2=NCC(Br)C(Nc3ccc4c(c3P(C)(C)=O)OCCO4)=N2)c(OC)cc1N1CCC(N2CC(N(C)C)C2)CC1. The molecule has 0 bridgehead atoms. The number of hydrogen-bond acceptors (Lipinski definition) is 11. The number of amidine groups is 1. The van der Waals surface area contributed by atoms with Crippen LogP contribution in [0.15, 0.2) is 34.3 Å². The van der Waals surface area contributed by atoms with Gasteiger partial charge in [-0.2, -0.15) is 4.99 Å². The number of anilines is 3. The highest BCUT2D eigenvalue weighted by Gasteiger charge is 2.35. The summed E-state index contributed by atoms with van der Waals surface area (Å²) in [6, 6.07) is 9.43. The number of aryl methyl sites for hydroxylation is 1. The maximum Gasteiger partial charge on any atom is 0.224 e. The van der Waals surface area contributed by atoms with Crippen molar-refractivity contribution in [3.05, 3.63) is 29.8 Å². The van der Waals surface area contributed by atoms with E-state index in [1.165, 1.54) is 37.2 Å². The van der Waals surface area contributed by atoms with Crippen molar-refractivity contribution in [1.29, 1.82) is 0 Å². The molecular formula is C33H47BrN7O4P. The largest absolute Gasteiger partial charge is 0.494 e. The van der Waals surface area contributed by atoms with Crippen LogP contribution in [0.4, 0.5) is 17.1 Å². The fourth-order valence-electron chi connectivity index (χ4n) is 6.68. The first-order chi connectivity index (χ1) is 22.0. The predicted molar refractivity (Wildman–Crippen MR) is 193 cm³/mol. The Morgan fingerprint density at radius 3 is 2.50 bits per heavy atom. The lowest BCUT2D eigenvalue weighted by Gasteiger charge is -2.49. The molecular weight excluding hydrogens is 669 g/mol. The van der Waals surface area contributed by atoms with Crippen molar-refractivity contribution >= 4 is 57.2 Å². The average molecular weight is 717 g/mol. The van der Waals surface area contributed by atoms with Crippen LogP contribution in [0, 0.1) is 0 Å². The monoisotopic (exact) mass is 715 g/mol. The molecule has 6 rings (SSSR count). The number of aliphatic imine (C=N–C) groups is 2. The number of halogens is 1. The number of rotatable bonds is 8. The Kier molecular flexibility index (Phi) is 9.90. The van der Waals surface area contributed by atoms with Crippen molar-refractivity contribution in [2.75, 3.05) is 96.0 Å².